The summed E-state index contributed by atoms with van der Waals surface area (Å²) in [5.74, 6) is 1.33. The molecule has 0 bridgehead atoms. The Morgan fingerprint density at radius 3 is 3.05 bits per heavy atom. The first-order chi connectivity index (χ1) is 10.1. The predicted molar refractivity (Wildman–Crippen MR) is 87.2 cm³/mol. The molecule has 1 saturated heterocycles. The first-order valence-electron chi connectivity index (χ1n) is 7.03. The highest BCUT2D eigenvalue weighted by Gasteiger charge is 2.19. The molecule has 2 N–H and O–H groups in total. The largest absolute Gasteiger partial charge is 0.386 e. The number of aliphatic hydroxyl groups is 1. The van der Waals surface area contributed by atoms with E-state index in [1.807, 2.05) is 13.1 Å². The van der Waals surface area contributed by atoms with Crippen LogP contribution in [-0.4, -0.2) is 56.4 Å². The topological polar surface area (TPSA) is 57.1 Å². The van der Waals surface area contributed by atoms with Crippen molar-refractivity contribution in [3.63, 3.8) is 0 Å². The van der Waals surface area contributed by atoms with E-state index in [0.29, 0.717) is 16.8 Å². The fourth-order valence-corrected chi connectivity index (χ4v) is 3.43. The van der Waals surface area contributed by atoms with Gasteiger partial charge in [-0.1, -0.05) is 11.6 Å². The van der Waals surface area contributed by atoms with Gasteiger partial charge >= 0.3 is 0 Å². The van der Waals surface area contributed by atoms with Crippen LogP contribution in [0.5, 0.6) is 0 Å². The van der Waals surface area contributed by atoms with Crippen LogP contribution < -0.4 is 5.32 Å². The molecule has 1 fully saturated rings. The molecule has 0 aliphatic carbocycles. The number of nitrogens with one attached hydrogen (secondary N) is 1. The van der Waals surface area contributed by atoms with Crippen LogP contribution in [0.4, 0.5) is 0 Å². The van der Waals surface area contributed by atoms with Gasteiger partial charge in [0.2, 0.25) is 0 Å². The Hall–Kier alpha value is -0.820. The number of nitrogens with zero attached hydrogens (tertiary/aromatic N) is 2. The number of hydrogen-bond acceptors (Lipinski definition) is 4. The zero-order valence-corrected chi connectivity index (χ0v) is 14.0. The number of halogens is 1. The van der Waals surface area contributed by atoms with Crippen molar-refractivity contribution in [1.29, 1.82) is 0 Å². The SMILES string of the molecule is CN=C(NCC(O)c1ccc(Cl)s1)N(C)CC1CCOC1. The number of hydrogen-bond donors (Lipinski definition) is 2. The number of ether oxygens (including phenoxy) is 1. The molecule has 2 unspecified atom stereocenters. The molecule has 1 aromatic heterocycles. The highest BCUT2D eigenvalue weighted by atomic mass is 35.5. The second-order valence-electron chi connectivity index (χ2n) is 5.20. The van der Waals surface area contributed by atoms with Crippen molar-refractivity contribution >= 4 is 28.9 Å². The molecule has 118 valence electrons. The maximum Gasteiger partial charge on any atom is 0.193 e. The Labute approximate surface area is 134 Å². The van der Waals surface area contributed by atoms with E-state index in [2.05, 4.69) is 15.2 Å². The molecular weight excluding hydrogens is 310 g/mol. The summed E-state index contributed by atoms with van der Waals surface area (Å²) in [5, 5.41) is 13.3. The molecular formula is C14H22ClN3O2S. The summed E-state index contributed by atoms with van der Waals surface area (Å²) in [6, 6.07) is 3.65. The molecule has 1 aliphatic heterocycles. The molecule has 0 spiro atoms. The molecule has 7 heteroatoms. The van der Waals surface area contributed by atoms with Gasteiger partial charge in [0.1, 0.15) is 6.10 Å². The van der Waals surface area contributed by atoms with Crippen LogP contribution in [0.1, 0.15) is 17.4 Å². The van der Waals surface area contributed by atoms with Gasteiger partial charge in [0.15, 0.2) is 5.96 Å². The van der Waals surface area contributed by atoms with E-state index in [0.717, 1.165) is 37.0 Å². The lowest BCUT2D eigenvalue weighted by molar-refractivity contribution is 0.178. The molecule has 21 heavy (non-hydrogen) atoms. The minimum atomic E-state index is -0.581. The number of thiophene rings is 1. The monoisotopic (exact) mass is 331 g/mol. The van der Waals surface area contributed by atoms with Gasteiger partial charge in [-0.15, -0.1) is 11.3 Å². The van der Waals surface area contributed by atoms with Gasteiger partial charge in [-0.25, -0.2) is 0 Å². The highest BCUT2D eigenvalue weighted by molar-refractivity contribution is 7.16. The van der Waals surface area contributed by atoms with Crippen molar-refractivity contribution in [3.05, 3.63) is 21.3 Å². The average Bonchev–Trinajstić information content (AvgIpc) is 3.10. The Bertz CT molecular complexity index is 475. The van der Waals surface area contributed by atoms with Gasteiger partial charge in [0.05, 0.1) is 10.9 Å². The third-order valence-electron chi connectivity index (χ3n) is 3.51. The quantitative estimate of drug-likeness (QED) is 0.640. The van der Waals surface area contributed by atoms with Crippen molar-refractivity contribution in [1.82, 2.24) is 10.2 Å². The van der Waals surface area contributed by atoms with Crippen molar-refractivity contribution in [2.45, 2.75) is 12.5 Å². The molecule has 2 atom stereocenters. The standard InChI is InChI=1S/C14H22ClN3O2S/c1-16-14(18(2)8-10-5-6-20-9-10)17-7-11(19)12-3-4-13(15)21-12/h3-4,10-11,19H,5-9H2,1-2H3,(H,16,17). The number of aliphatic hydroxyl groups excluding tert-OH is 1. The molecule has 2 heterocycles. The van der Waals surface area contributed by atoms with Crippen LogP contribution in [0.2, 0.25) is 4.34 Å². The van der Waals surface area contributed by atoms with Crippen molar-refractivity contribution < 1.29 is 9.84 Å². The van der Waals surface area contributed by atoms with E-state index in [-0.39, 0.29) is 0 Å². The Balaban J connectivity index is 1.81. The third kappa shape index (κ3) is 4.85. The second kappa shape index (κ2) is 7.98. The molecule has 0 aromatic carbocycles. The van der Waals surface area contributed by atoms with Crippen molar-refractivity contribution in [2.24, 2.45) is 10.9 Å². The van der Waals surface area contributed by atoms with Crippen LogP contribution in [-0.2, 0) is 4.74 Å². The molecule has 0 saturated carbocycles. The van der Waals surface area contributed by atoms with Gasteiger partial charge in [-0.05, 0) is 18.6 Å². The highest BCUT2D eigenvalue weighted by Crippen LogP contribution is 2.26. The lowest BCUT2D eigenvalue weighted by Gasteiger charge is -2.25. The number of aliphatic imine (C=N–C) groups is 1. The van der Waals surface area contributed by atoms with Crippen LogP contribution in [0.3, 0.4) is 0 Å². The average molecular weight is 332 g/mol. The van der Waals surface area contributed by atoms with E-state index in [9.17, 15) is 5.11 Å². The van der Waals surface area contributed by atoms with Crippen LogP contribution in [0.15, 0.2) is 17.1 Å². The van der Waals surface area contributed by atoms with Gasteiger partial charge in [-0.3, -0.25) is 4.99 Å². The van der Waals surface area contributed by atoms with E-state index in [1.165, 1.54) is 11.3 Å². The summed E-state index contributed by atoms with van der Waals surface area (Å²) in [6.45, 7) is 2.98. The maximum absolute atomic E-state index is 10.1. The van der Waals surface area contributed by atoms with Gasteiger partial charge in [-0.2, -0.15) is 0 Å². The normalized spacial score (nSPS) is 20.6. The minimum Gasteiger partial charge on any atom is -0.386 e. The fourth-order valence-electron chi connectivity index (χ4n) is 2.38. The summed E-state index contributed by atoms with van der Waals surface area (Å²) in [7, 11) is 3.75. The van der Waals surface area contributed by atoms with Crippen LogP contribution in [0, 0.1) is 5.92 Å². The predicted octanol–water partition coefficient (Wildman–Crippen LogP) is 1.98. The summed E-state index contributed by atoms with van der Waals surface area (Å²) >= 11 is 7.28. The third-order valence-corrected chi connectivity index (χ3v) is 4.84. The van der Waals surface area contributed by atoms with Crippen molar-refractivity contribution in [2.75, 3.05) is 40.4 Å². The first kappa shape index (κ1) is 16.5. The number of rotatable bonds is 5. The lowest BCUT2D eigenvalue weighted by atomic mass is 10.1. The fraction of sp³-hybridized carbons (Fsp3) is 0.643. The number of guanidine groups is 1. The Morgan fingerprint density at radius 1 is 1.67 bits per heavy atom. The lowest BCUT2D eigenvalue weighted by Crippen LogP contribution is -2.42. The Kier molecular flexibility index (Phi) is 6.29. The van der Waals surface area contributed by atoms with Crippen LogP contribution in [0.25, 0.3) is 0 Å². The maximum atomic E-state index is 10.1. The van der Waals surface area contributed by atoms with E-state index < -0.39 is 6.10 Å². The molecule has 1 aromatic rings. The Morgan fingerprint density at radius 2 is 2.48 bits per heavy atom. The molecule has 0 radical (unpaired) electrons. The van der Waals surface area contributed by atoms with Gasteiger partial charge in [0.25, 0.3) is 0 Å². The summed E-state index contributed by atoms with van der Waals surface area (Å²) in [6.07, 6.45) is 0.514. The minimum absolute atomic E-state index is 0.412. The van der Waals surface area contributed by atoms with Gasteiger partial charge < -0.3 is 20.1 Å². The summed E-state index contributed by atoms with van der Waals surface area (Å²) < 4.78 is 6.08. The van der Waals surface area contributed by atoms with Gasteiger partial charge in [0, 0.05) is 44.6 Å². The second-order valence-corrected chi connectivity index (χ2v) is 6.94. The molecule has 0 amide bonds. The summed E-state index contributed by atoms with van der Waals surface area (Å²) in [4.78, 5) is 7.19. The van der Waals surface area contributed by atoms with E-state index in [4.69, 9.17) is 16.3 Å². The summed E-state index contributed by atoms with van der Waals surface area (Å²) in [5.41, 5.74) is 0. The van der Waals surface area contributed by atoms with E-state index >= 15 is 0 Å². The van der Waals surface area contributed by atoms with Crippen LogP contribution >= 0.6 is 22.9 Å². The first-order valence-corrected chi connectivity index (χ1v) is 8.22. The smallest absolute Gasteiger partial charge is 0.193 e. The molecule has 1 aliphatic rings. The molecule has 2 rings (SSSR count). The zero-order valence-electron chi connectivity index (χ0n) is 12.4. The molecule has 5 nitrogen and oxygen atoms in total. The zero-order chi connectivity index (χ0) is 15.2. The van der Waals surface area contributed by atoms with Crippen molar-refractivity contribution in [3.8, 4) is 0 Å². The van der Waals surface area contributed by atoms with E-state index in [1.54, 1.807) is 13.1 Å².